The van der Waals surface area contributed by atoms with Crippen molar-refractivity contribution in [2.75, 3.05) is 19.5 Å². The van der Waals surface area contributed by atoms with Crippen LogP contribution < -0.4 is 20.2 Å². The number of nitrogens with one attached hydrogen (secondary N) is 2. The number of carbonyl (C=O) groups is 2. The molecule has 2 N–H and O–H groups in total. The minimum atomic E-state index is -0.874. The zero-order valence-corrected chi connectivity index (χ0v) is 15.1. The second kappa shape index (κ2) is 8.66. The molecule has 2 aromatic rings. The lowest BCUT2D eigenvalue weighted by Crippen LogP contribution is -2.32. The fraction of sp³-hybridized carbons (Fsp3) is 0.211. The maximum absolute atomic E-state index is 11.9. The third-order valence-corrected chi connectivity index (χ3v) is 3.78. The fourth-order valence-corrected chi connectivity index (χ4v) is 2.16. The van der Waals surface area contributed by atoms with Gasteiger partial charge in [-0.05, 0) is 55.3 Å². The Hall–Kier alpha value is -3.35. The molecule has 0 spiro atoms. The lowest BCUT2D eigenvalue weighted by atomic mass is 10.1. The van der Waals surface area contributed by atoms with E-state index in [0.717, 1.165) is 11.1 Å². The van der Waals surface area contributed by atoms with Crippen LogP contribution in [0, 0.1) is 13.8 Å². The van der Waals surface area contributed by atoms with Gasteiger partial charge in [0.25, 0.3) is 0 Å². The molecule has 0 aromatic heterocycles. The van der Waals surface area contributed by atoms with Crippen molar-refractivity contribution in [2.45, 2.75) is 13.8 Å². The molecule has 2 rings (SSSR count). The van der Waals surface area contributed by atoms with Crippen LogP contribution in [0.4, 0.5) is 5.69 Å². The van der Waals surface area contributed by atoms with E-state index in [1.54, 1.807) is 37.4 Å². The van der Waals surface area contributed by atoms with E-state index in [1.807, 2.05) is 19.9 Å². The number of benzene rings is 2. The van der Waals surface area contributed by atoms with Crippen molar-refractivity contribution in [3.05, 3.63) is 53.1 Å². The zero-order chi connectivity index (χ0) is 19.1. The summed E-state index contributed by atoms with van der Waals surface area (Å²) in [6.07, 6.45) is 1.38. The summed E-state index contributed by atoms with van der Waals surface area (Å²) in [5.41, 5.74) is 5.46. The fourth-order valence-electron chi connectivity index (χ4n) is 2.16. The molecule has 0 aliphatic heterocycles. The van der Waals surface area contributed by atoms with E-state index in [4.69, 9.17) is 9.47 Å². The summed E-state index contributed by atoms with van der Waals surface area (Å²) in [7, 11) is 3.07. The predicted octanol–water partition coefficient (Wildman–Crippen LogP) is 2.41. The van der Waals surface area contributed by atoms with Gasteiger partial charge in [0.2, 0.25) is 0 Å². The molecule has 0 aliphatic carbocycles. The van der Waals surface area contributed by atoms with Gasteiger partial charge in [-0.2, -0.15) is 5.10 Å². The topological polar surface area (TPSA) is 89.0 Å². The Morgan fingerprint density at radius 1 is 0.962 bits per heavy atom. The highest BCUT2D eigenvalue weighted by atomic mass is 16.5. The molecule has 0 saturated carbocycles. The van der Waals surface area contributed by atoms with Crippen LogP contribution in [0.1, 0.15) is 16.7 Å². The molecule has 0 unspecified atom stereocenters. The average molecular weight is 355 g/mol. The van der Waals surface area contributed by atoms with Crippen molar-refractivity contribution in [1.29, 1.82) is 0 Å². The number of nitrogens with zero attached hydrogens (tertiary/aromatic N) is 1. The van der Waals surface area contributed by atoms with Gasteiger partial charge in [0.05, 0.1) is 20.4 Å². The van der Waals surface area contributed by atoms with Crippen molar-refractivity contribution in [2.24, 2.45) is 5.10 Å². The quantitative estimate of drug-likeness (QED) is 0.490. The summed E-state index contributed by atoms with van der Waals surface area (Å²) in [5.74, 6) is -0.501. The van der Waals surface area contributed by atoms with E-state index in [1.165, 1.54) is 13.3 Å². The summed E-state index contributed by atoms with van der Waals surface area (Å²) in [4.78, 5) is 23.8. The molecule has 0 bridgehead atoms. The van der Waals surface area contributed by atoms with E-state index in [9.17, 15) is 9.59 Å². The Labute approximate surface area is 152 Å². The molecule has 26 heavy (non-hydrogen) atoms. The minimum absolute atomic E-state index is 0.548. The summed E-state index contributed by atoms with van der Waals surface area (Å²) in [6.45, 7) is 3.89. The van der Waals surface area contributed by atoms with Gasteiger partial charge in [0.1, 0.15) is 11.5 Å². The van der Waals surface area contributed by atoms with Crippen LogP contribution in [0.5, 0.6) is 11.5 Å². The van der Waals surface area contributed by atoms with Gasteiger partial charge in [-0.3, -0.25) is 9.59 Å². The normalized spacial score (nSPS) is 10.5. The lowest BCUT2D eigenvalue weighted by Gasteiger charge is -2.07. The summed E-state index contributed by atoms with van der Waals surface area (Å²) in [6, 6.07) is 10.6. The van der Waals surface area contributed by atoms with Crippen LogP contribution >= 0.6 is 0 Å². The number of anilines is 1. The van der Waals surface area contributed by atoms with Gasteiger partial charge in [-0.1, -0.05) is 6.07 Å². The monoisotopic (exact) mass is 355 g/mol. The summed E-state index contributed by atoms with van der Waals surface area (Å²) in [5, 5.41) is 6.33. The molecular weight excluding hydrogens is 334 g/mol. The number of rotatable bonds is 5. The predicted molar refractivity (Wildman–Crippen MR) is 99.8 cm³/mol. The Morgan fingerprint density at radius 2 is 1.73 bits per heavy atom. The van der Waals surface area contributed by atoms with E-state index in [0.29, 0.717) is 22.7 Å². The van der Waals surface area contributed by atoms with Crippen molar-refractivity contribution >= 4 is 23.7 Å². The highest BCUT2D eigenvalue weighted by Crippen LogP contribution is 2.22. The van der Waals surface area contributed by atoms with Crippen LogP contribution in [-0.4, -0.2) is 32.2 Å². The number of aryl methyl sites for hydroxylation is 2. The van der Waals surface area contributed by atoms with Crippen LogP contribution in [-0.2, 0) is 9.59 Å². The summed E-state index contributed by atoms with van der Waals surface area (Å²) < 4.78 is 10.3. The Morgan fingerprint density at radius 3 is 2.38 bits per heavy atom. The Kier molecular flexibility index (Phi) is 6.32. The number of ether oxygens (including phenoxy) is 2. The Bertz CT molecular complexity index is 847. The van der Waals surface area contributed by atoms with Crippen LogP contribution in [0.15, 0.2) is 41.5 Å². The van der Waals surface area contributed by atoms with Crippen molar-refractivity contribution in [3.8, 4) is 11.5 Å². The van der Waals surface area contributed by atoms with Gasteiger partial charge in [-0.25, -0.2) is 5.43 Å². The molecule has 2 aromatic carbocycles. The number of hydrazone groups is 1. The molecule has 0 fully saturated rings. The number of carbonyl (C=O) groups excluding carboxylic acids is 2. The molecule has 7 nitrogen and oxygen atoms in total. The lowest BCUT2D eigenvalue weighted by molar-refractivity contribution is -0.136. The molecule has 0 radical (unpaired) electrons. The van der Waals surface area contributed by atoms with E-state index >= 15 is 0 Å². The van der Waals surface area contributed by atoms with E-state index in [-0.39, 0.29) is 0 Å². The third kappa shape index (κ3) is 4.83. The number of amides is 2. The largest absolute Gasteiger partial charge is 0.497 e. The standard InChI is InChI=1S/C19H21N3O4/c1-12-5-6-15(9-13(12)2)21-18(23)19(24)22-20-11-14-10-16(25-3)7-8-17(14)26-4/h5-11H,1-4H3,(H,21,23)(H,22,24)/b20-11+. The van der Waals surface area contributed by atoms with E-state index in [2.05, 4.69) is 15.8 Å². The van der Waals surface area contributed by atoms with Gasteiger partial charge in [-0.15, -0.1) is 0 Å². The maximum atomic E-state index is 11.9. The first-order chi connectivity index (χ1) is 12.4. The van der Waals surface area contributed by atoms with Crippen molar-refractivity contribution in [3.63, 3.8) is 0 Å². The van der Waals surface area contributed by atoms with Gasteiger partial charge >= 0.3 is 11.8 Å². The van der Waals surface area contributed by atoms with Crippen LogP contribution in [0.3, 0.4) is 0 Å². The molecule has 0 heterocycles. The first-order valence-corrected chi connectivity index (χ1v) is 7.88. The van der Waals surface area contributed by atoms with Crippen molar-refractivity contribution in [1.82, 2.24) is 5.43 Å². The highest BCUT2D eigenvalue weighted by Gasteiger charge is 2.13. The van der Waals surface area contributed by atoms with E-state index < -0.39 is 11.8 Å². The van der Waals surface area contributed by atoms with Crippen LogP contribution in [0.2, 0.25) is 0 Å². The maximum Gasteiger partial charge on any atom is 0.329 e. The van der Waals surface area contributed by atoms with Gasteiger partial charge < -0.3 is 14.8 Å². The van der Waals surface area contributed by atoms with Crippen molar-refractivity contribution < 1.29 is 19.1 Å². The number of methoxy groups -OCH3 is 2. The second-order valence-corrected chi connectivity index (χ2v) is 5.56. The average Bonchev–Trinajstić information content (AvgIpc) is 2.64. The Balaban J connectivity index is 2.00. The number of hydrogen-bond donors (Lipinski definition) is 2. The molecule has 0 aliphatic rings. The molecule has 0 atom stereocenters. The second-order valence-electron chi connectivity index (χ2n) is 5.56. The SMILES string of the molecule is COc1ccc(OC)c(/C=N/NC(=O)C(=O)Nc2ccc(C)c(C)c2)c1. The summed E-state index contributed by atoms with van der Waals surface area (Å²) >= 11 is 0. The molecule has 2 amide bonds. The molecule has 0 saturated heterocycles. The van der Waals surface area contributed by atoms with Crippen LogP contribution in [0.25, 0.3) is 0 Å². The smallest absolute Gasteiger partial charge is 0.329 e. The molecule has 136 valence electrons. The minimum Gasteiger partial charge on any atom is -0.497 e. The zero-order valence-electron chi connectivity index (χ0n) is 15.1. The van der Waals surface area contributed by atoms with Gasteiger partial charge in [0, 0.05) is 11.3 Å². The first kappa shape index (κ1) is 19.0. The highest BCUT2D eigenvalue weighted by molar-refractivity contribution is 6.39. The molecule has 7 heteroatoms. The third-order valence-electron chi connectivity index (χ3n) is 3.78. The van der Waals surface area contributed by atoms with Gasteiger partial charge in [0.15, 0.2) is 0 Å². The molecular formula is C19H21N3O4. The number of hydrogen-bond acceptors (Lipinski definition) is 5. The first-order valence-electron chi connectivity index (χ1n) is 7.88.